The molecule has 1 aliphatic heterocycles. The first kappa shape index (κ1) is 17.6. The van der Waals surface area contributed by atoms with Crippen molar-refractivity contribution >= 4 is 32.9 Å². The van der Waals surface area contributed by atoms with E-state index in [4.69, 9.17) is 0 Å². The lowest BCUT2D eigenvalue weighted by Crippen LogP contribution is -2.21. The zero-order chi connectivity index (χ0) is 18.2. The number of carbonyl (C=O) groups excluding carboxylic acids is 1. The molecule has 0 radical (unpaired) electrons. The summed E-state index contributed by atoms with van der Waals surface area (Å²) in [6, 6.07) is 5.73. The van der Waals surface area contributed by atoms with E-state index < -0.39 is 33.1 Å². The molecule has 1 aliphatic rings. The molecule has 0 spiro atoms. The van der Waals surface area contributed by atoms with Gasteiger partial charge in [0.15, 0.2) is 9.84 Å². The van der Waals surface area contributed by atoms with Gasteiger partial charge in [-0.25, -0.2) is 13.2 Å². The first-order chi connectivity index (χ1) is 11.7. The lowest BCUT2D eigenvalue weighted by atomic mass is 10.1. The van der Waals surface area contributed by atoms with Crippen molar-refractivity contribution in [1.82, 2.24) is 0 Å². The number of sulfone groups is 1. The number of alkyl halides is 3. The molecule has 0 aliphatic carbocycles. The van der Waals surface area contributed by atoms with E-state index in [1.54, 1.807) is 5.38 Å². The van der Waals surface area contributed by atoms with Crippen LogP contribution < -0.4 is 0 Å². The second-order valence-corrected chi connectivity index (χ2v) is 8.37. The zero-order valence-electron chi connectivity index (χ0n) is 12.4. The number of thiophene rings is 1. The molecule has 2 heterocycles. The Hall–Kier alpha value is -2.20. The van der Waals surface area contributed by atoms with Crippen LogP contribution in [0.15, 0.2) is 45.1 Å². The van der Waals surface area contributed by atoms with Crippen LogP contribution in [0, 0.1) is 0 Å². The quantitative estimate of drug-likeness (QED) is 0.582. The second-order valence-electron chi connectivity index (χ2n) is 5.15. The Kier molecular flexibility index (Phi) is 4.41. The molecule has 1 aromatic carbocycles. The number of halogens is 3. The van der Waals surface area contributed by atoms with Gasteiger partial charge in [0.05, 0.1) is 22.6 Å². The number of carbonyl (C=O) groups is 1. The van der Waals surface area contributed by atoms with E-state index in [1.165, 1.54) is 12.1 Å². The van der Waals surface area contributed by atoms with Gasteiger partial charge in [0.1, 0.15) is 4.21 Å². The number of hydrogen-bond acceptors (Lipinski definition) is 6. The van der Waals surface area contributed by atoms with Crippen LogP contribution in [0.1, 0.15) is 27.9 Å². The first-order valence-corrected chi connectivity index (χ1v) is 9.48. The van der Waals surface area contributed by atoms with Gasteiger partial charge in [-0.05, 0) is 23.6 Å². The predicted molar refractivity (Wildman–Crippen MR) is 84.4 cm³/mol. The molecule has 1 aromatic heterocycles. The summed E-state index contributed by atoms with van der Waals surface area (Å²) < 4.78 is 62.8. The molecule has 2 aromatic rings. The van der Waals surface area contributed by atoms with Gasteiger partial charge in [0.2, 0.25) is 0 Å². The summed E-state index contributed by atoms with van der Waals surface area (Å²) in [6.07, 6.45) is -4.69. The van der Waals surface area contributed by atoms with Gasteiger partial charge in [0, 0.05) is 12.0 Å². The molecule has 0 N–H and O–H groups in total. The topological polar surface area (TPSA) is 72.8 Å². The third-order valence-corrected chi connectivity index (χ3v) is 6.80. The van der Waals surface area contributed by atoms with E-state index in [0.29, 0.717) is 5.56 Å². The molecule has 3 rings (SSSR count). The minimum Gasteiger partial charge on any atom is -0.313 e. The summed E-state index contributed by atoms with van der Waals surface area (Å²) in [4.78, 5) is 16.6. The van der Waals surface area contributed by atoms with E-state index in [0.717, 1.165) is 29.5 Å². The largest absolute Gasteiger partial charge is 0.417 e. The van der Waals surface area contributed by atoms with Crippen LogP contribution in [0.25, 0.3) is 0 Å². The predicted octanol–water partition coefficient (Wildman–Crippen LogP) is 3.51. The van der Waals surface area contributed by atoms with Crippen LogP contribution in [0.5, 0.6) is 0 Å². The molecule has 0 atom stereocenters. The first-order valence-electron chi connectivity index (χ1n) is 6.95. The van der Waals surface area contributed by atoms with Crippen molar-refractivity contribution in [2.75, 3.05) is 5.75 Å². The molecule has 0 saturated heterocycles. The van der Waals surface area contributed by atoms with E-state index in [-0.39, 0.29) is 22.1 Å². The summed E-state index contributed by atoms with van der Waals surface area (Å²) in [5, 5.41) is 5.16. The molecule has 0 bridgehead atoms. The Morgan fingerprint density at radius 1 is 1.20 bits per heavy atom. The summed E-state index contributed by atoms with van der Waals surface area (Å²) in [6.45, 7) is 0. The Morgan fingerprint density at radius 3 is 2.64 bits per heavy atom. The lowest BCUT2D eigenvalue weighted by Gasteiger charge is -2.14. The molecule has 132 valence electrons. The van der Waals surface area contributed by atoms with E-state index in [2.05, 4.69) is 9.99 Å². The highest BCUT2D eigenvalue weighted by Crippen LogP contribution is 2.33. The highest BCUT2D eigenvalue weighted by molar-refractivity contribution is 7.93. The monoisotopic (exact) mass is 389 g/mol. The summed E-state index contributed by atoms with van der Waals surface area (Å²) in [5.41, 5.74) is -1.26. The van der Waals surface area contributed by atoms with Crippen LogP contribution in [-0.2, 0) is 20.9 Å². The average molecular weight is 389 g/mol. The molecular formula is C15H10F3NO4S2. The normalized spacial score (nSPS) is 18.0. The third-order valence-electron chi connectivity index (χ3n) is 3.52. The number of rotatable bonds is 2. The van der Waals surface area contributed by atoms with Crippen molar-refractivity contribution < 1.29 is 31.2 Å². The van der Waals surface area contributed by atoms with Gasteiger partial charge in [0.25, 0.3) is 0 Å². The lowest BCUT2D eigenvalue weighted by molar-refractivity contribution is -0.138. The van der Waals surface area contributed by atoms with E-state index >= 15 is 0 Å². The number of benzene rings is 1. The minimum absolute atomic E-state index is 0.0142. The smallest absolute Gasteiger partial charge is 0.313 e. The molecule has 10 heteroatoms. The van der Waals surface area contributed by atoms with Gasteiger partial charge in [-0.2, -0.15) is 13.2 Å². The molecule has 25 heavy (non-hydrogen) atoms. The van der Waals surface area contributed by atoms with Crippen LogP contribution in [0.2, 0.25) is 0 Å². The van der Waals surface area contributed by atoms with Crippen LogP contribution in [-0.4, -0.2) is 25.9 Å². The number of oxime groups is 1. The van der Waals surface area contributed by atoms with Crippen molar-refractivity contribution in [3.63, 3.8) is 0 Å². The molecule has 0 fully saturated rings. The van der Waals surface area contributed by atoms with Gasteiger partial charge in [-0.1, -0.05) is 17.3 Å². The molecule has 0 saturated carbocycles. The Labute approximate surface area is 144 Å². The van der Waals surface area contributed by atoms with Crippen molar-refractivity contribution in [3.05, 3.63) is 52.4 Å². The highest BCUT2D eigenvalue weighted by Gasteiger charge is 2.36. The van der Waals surface area contributed by atoms with Gasteiger partial charge >= 0.3 is 12.1 Å². The fraction of sp³-hybridized carbons (Fsp3) is 0.200. The molecular weight excluding hydrogens is 379 g/mol. The number of hydrogen-bond donors (Lipinski definition) is 0. The Bertz CT molecular complexity index is 961. The molecule has 0 amide bonds. The summed E-state index contributed by atoms with van der Waals surface area (Å²) >= 11 is 1.01. The van der Waals surface area contributed by atoms with Crippen molar-refractivity contribution in [1.29, 1.82) is 0 Å². The van der Waals surface area contributed by atoms with Gasteiger partial charge < -0.3 is 4.84 Å². The van der Waals surface area contributed by atoms with Crippen LogP contribution >= 0.6 is 11.3 Å². The maximum Gasteiger partial charge on any atom is 0.417 e. The Morgan fingerprint density at radius 2 is 1.92 bits per heavy atom. The van der Waals surface area contributed by atoms with Gasteiger partial charge in [-0.15, -0.1) is 11.3 Å². The van der Waals surface area contributed by atoms with Crippen LogP contribution in [0.3, 0.4) is 0 Å². The zero-order valence-corrected chi connectivity index (χ0v) is 14.0. The average Bonchev–Trinajstić information content (AvgIpc) is 3.04. The fourth-order valence-electron chi connectivity index (χ4n) is 2.36. The maximum atomic E-state index is 12.9. The van der Waals surface area contributed by atoms with Gasteiger partial charge in [-0.3, -0.25) is 0 Å². The number of nitrogens with zero attached hydrogens (tertiary/aromatic N) is 1. The van der Waals surface area contributed by atoms with Crippen molar-refractivity contribution in [3.8, 4) is 0 Å². The summed E-state index contributed by atoms with van der Waals surface area (Å²) in [7, 11) is -3.40. The van der Waals surface area contributed by atoms with E-state index in [9.17, 15) is 26.4 Å². The SMILES string of the molecule is O=C(O/N=C1\CCS(=O)(=O)c2sccc21)c1ccccc1C(F)(F)F. The number of fused-ring (bicyclic) bond motifs is 1. The van der Waals surface area contributed by atoms with Crippen LogP contribution in [0.4, 0.5) is 13.2 Å². The molecule has 5 nitrogen and oxygen atoms in total. The fourth-order valence-corrected chi connectivity index (χ4v) is 5.17. The standard InChI is InChI=1S/C15H10F3NO4S2/c16-15(17,18)11-4-2-1-3-9(11)13(20)23-19-12-6-8-25(21,22)14-10(12)5-7-24-14/h1-5,7H,6,8H2/b19-12+. The Balaban J connectivity index is 1.88. The molecule has 0 unspecified atom stereocenters. The second kappa shape index (κ2) is 6.26. The third kappa shape index (κ3) is 3.45. The van der Waals surface area contributed by atoms with Crippen molar-refractivity contribution in [2.45, 2.75) is 16.8 Å². The minimum atomic E-state index is -4.71. The highest BCUT2D eigenvalue weighted by atomic mass is 32.2. The van der Waals surface area contributed by atoms with Crippen molar-refractivity contribution in [2.24, 2.45) is 5.16 Å². The maximum absolute atomic E-state index is 12.9. The summed E-state index contributed by atoms with van der Waals surface area (Å²) in [5.74, 6) is -1.46. The van der Waals surface area contributed by atoms with E-state index in [1.807, 2.05) is 0 Å².